The van der Waals surface area contributed by atoms with E-state index in [0.29, 0.717) is 0 Å². The molecule has 2 nitrogen and oxygen atoms in total. The average Bonchev–Trinajstić information content (AvgIpc) is 3.03. The zero-order valence-corrected chi connectivity index (χ0v) is 17.5. The first-order chi connectivity index (χ1) is 12.2. The van der Waals surface area contributed by atoms with E-state index in [1.54, 1.807) is 0 Å². The third kappa shape index (κ3) is 12.2. The van der Waals surface area contributed by atoms with E-state index in [9.17, 15) is 0 Å². The van der Waals surface area contributed by atoms with Crippen LogP contribution < -0.4 is 4.57 Å². The molecule has 0 aromatic carbocycles. The maximum absolute atomic E-state index is 3.44. The molecule has 0 amide bonds. The molecule has 0 saturated carbocycles. The molecule has 0 bridgehead atoms. The molecule has 146 valence electrons. The van der Waals surface area contributed by atoms with E-state index in [2.05, 4.69) is 42.7 Å². The number of unbranched alkanes of at least 4 members (excludes halogenated alkanes) is 11. The summed E-state index contributed by atoms with van der Waals surface area (Å²) in [5.74, 6) is 2.31. The van der Waals surface area contributed by atoms with Crippen LogP contribution >= 0.6 is 0 Å². The van der Waals surface area contributed by atoms with Gasteiger partial charge in [-0.2, -0.15) is 0 Å². The number of aromatic nitrogens is 2. The third-order valence-corrected chi connectivity index (χ3v) is 5.30. The standard InChI is InChI=1S/C23H44N2/c1-4-5-16-20-25-21-19-24-23(25)18-15-13-11-9-7-6-8-10-12-14-17-22(2)3/h19,21-22H,4-18,20H2,1-3H3/p+1. The van der Waals surface area contributed by atoms with Crippen LogP contribution in [-0.4, -0.2) is 4.98 Å². The normalized spacial score (nSPS) is 11.5. The van der Waals surface area contributed by atoms with Gasteiger partial charge in [0.1, 0.15) is 12.4 Å². The molecule has 1 heterocycles. The van der Waals surface area contributed by atoms with Crippen molar-refractivity contribution in [3.8, 4) is 0 Å². The molecule has 0 aliphatic carbocycles. The second-order valence-electron chi connectivity index (χ2n) is 8.28. The number of rotatable bonds is 17. The molecule has 0 aliphatic heterocycles. The van der Waals surface area contributed by atoms with Crippen LogP contribution in [0.4, 0.5) is 0 Å². The number of H-pyrrole nitrogens is 1. The van der Waals surface area contributed by atoms with Gasteiger partial charge in [0, 0.05) is 6.42 Å². The Hall–Kier alpha value is -0.790. The van der Waals surface area contributed by atoms with E-state index in [1.165, 1.54) is 109 Å². The van der Waals surface area contributed by atoms with Crippen molar-refractivity contribution in [3.05, 3.63) is 18.2 Å². The number of nitrogens with zero attached hydrogens (tertiary/aromatic N) is 1. The topological polar surface area (TPSA) is 19.7 Å². The zero-order valence-electron chi connectivity index (χ0n) is 17.5. The Balaban J connectivity index is 1.90. The molecule has 1 aromatic rings. The average molecular weight is 350 g/mol. The highest BCUT2D eigenvalue weighted by Gasteiger charge is 2.09. The number of hydrogen-bond donors (Lipinski definition) is 1. The van der Waals surface area contributed by atoms with Gasteiger partial charge < -0.3 is 0 Å². The summed E-state index contributed by atoms with van der Waals surface area (Å²) < 4.78 is 2.43. The lowest BCUT2D eigenvalue weighted by molar-refractivity contribution is -0.703. The first-order valence-electron chi connectivity index (χ1n) is 11.3. The van der Waals surface area contributed by atoms with Crippen LogP contribution in [0.3, 0.4) is 0 Å². The fraction of sp³-hybridized carbons (Fsp3) is 0.870. The van der Waals surface area contributed by atoms with E-state index < -0.39 is 0 Å². The molecule has 0 radical (unpaired) electrons. The molecule has 0 fully saturated rings. The summed E-state index contributed by atoms with van der Waals surface area (Å²) >= 11 is 0. The third-order valence-electron chi connectivity index (χ3n) is 5.30. The smallest absolute Gasteiger partial charge is 0.248 e. The maximum atomic E-state index is 3.44. The second-order valence-corrected chi connectivity index (χ2v) is 8.28. The summed E-state index contributed by atoms with van der Waals surface area (Å²) in [5.41, 5.74) is 0. The van der Waals surface area contributed by atoms with Crippen molar-refractivity contribution >= 4 is 0 Å². The Morgan fingerprint density at radius 2 is 1.40 bits per heavy atom. The summed E-state index contributed by atoms with van der Waals surface area (Å²) in [6.45, 7) is 8.13. The fourth-order valence-corrected chi connectivity index (χ4v) is 3.61. The predicted molar refractivity (Wildman–Crippen MR) is 110 cm³/mol. The maximum Gasteiger partial charge on any atom is 0.254 e. The van der Waals surface area contributed by atoms with Gasteiger partial charge in [0.2, 0.25) is 0 Å². The number of imidazole rings is 1. The van der Waals surface area contributed by atoms with Crippen molar-refractivity contribution in [1.29, 1.82) is 0 Å². The van der Waals surface area contributed by atoms with Crippen molar-refractivity contribution in [2.75, 3.05) is 0 Å². The highest BCUT2D eigenvalue weighted by molar-refractivity contribution is 4.77. The van der Waals surface area contributed by atoms with Crippen molar-refractivity contribution in [2.24, 2.45) is 5.92 Å². The summed E-state index contributed by atoms with van der Waals surface area (Å²) in [6, 6.07) is 0. The molecular weight excluding hydrogens is 304 g/mol. The van der Waals surface area contributed by atoms with E-state index in [-0.39, 0.29) is 0 Å². The Morgan fingerprint density at radius 1 is 0.800 bits per heavy atom. The van der Waals surface area contributed by atoms with Crippen LogP contribution in [0.15, 0.2) is 12.4 Å². The highest BCUT2D eigenvalue weighted by Crippen LogP contribution is 2.13. The molecular formula is C23H45N2+. The molecule has 1 aromatic heterocycles. The van der Waals surface area contributed by atoms with Crippen LogP contribution in [0.25, 0.3) is 0 Å². The van der Waals surface area contributed by atoms with Gasteiger partial charge in [-0.05, 0) is 25.2 Å². The quantitative estimate of drug-likeness (QED) is 0.231. The molecule has 0 saturated heterocycles. The molecule has 0 unspecified atom stereocenters. The Labute approximate surface area is 157 Å². The molecule has 2 heteroatoms. The van der Waals surface area contributed by atoms with Crippen LogP contribution in [0.5, 0.6) is 0 Å². The molecule has 0 spiro atoms. The van der Waals surface area contributed by atoms with Gasteiger partial charge in [-0.25, -0.2) is 9.55 Å². The van der Waals surface area contributed by atoms with Crippen molar-refractivity contribution in [2.45, 2.75) is 124 Å². The molecule has 1 rings (SSSR count). The number of aromatic amines is 1. The van der Waals surface area contributed by atoms with E-state index >= 15 is 0 Å². The van der Waals surface area contributed by atoms with Crippen LogP contribution in [0.2, 0.25) is 0 Å². The van der Waals surface area contributed by atoms with E-state index in [4.69, 9.17) is 0 Å². The minimum absolute atomic E-state index is 0.886. The van der Waals surface area contributed by atoms with Gasteiger partial charge in [-0.3, -0.25) is 0 Å². The Morgan fingerprint density at radius 3 is 2.00 bits per heavy atom. The lowest BCUT2D eigenvalue weighted by Gasteiger charge is -2.04. The van der Waals surface area contributed by atoms with Crippen molar-refractivity contribution in [1.82, 2.24) is 4.98 Å². The van der Waals surface area contributed by atoms with Crippen LogP contribution in [0, 0.1) is 5.92 Å². The summed E-state index contributed by atoms with van der Waals surface area (Å²) in [7, 11) is 0. The molecule has 0 atom stereocenters. The zero-order chi connectivity index (χ0) is 18.2. The summed E-state index contributed by atoms with van der Waals surface area (Å²) in [4.78, 5) is 3.44. The monoisotopic (exact) mass is 349 g/mol. The van der Waals surface area contributed by atoms with Gasteiger partial charge in [0.25, 0.3) is 5.82 Å². The lowest BCUT2D eigenvalue weighted by atomic mass is 10.0. The van der Waals surface area contributed by atoms with Gasteiger partial charge >= 0.3 is 0 Å². The molecule has 1 N–H and O–H groups in total. The molecule has 25 heavy (non-hydrogen) atoms. The Bertz CT molecular complexity index is 395. The molecule has 0 aliphatic rings. The van der Waals surface area contributed by atoms with Crippen molar-refractivity contribution < 1.29 is 4.57 Å². The summed E-state index contributed by atoms with van der Waals surface area (Å²) in [6.07, 6.45) is 25.2. The van der Waals surface area contributed by atoms with E-state index in [1.807, 2.05) is 0 Å². The minimum Gasteiger partial charge on any atom is -0.248 e. The largest absolute Gasteiger partial charge is 0.254 e. The second kappa shape index (κ2) is 15.5. The van der Waals surface area contributed by atoms with Gasteiger partial charge in [-0.15, -0.1) is 0 Å². The fourth-order valence-electron chi connectivity index (χ4n) is 3.61. The Kier molecular flexibility index (Phi) is 13.8. The summed E-state index contributed by atoms with van der Waals surface area (Å²) in [5, 5.41) is 0. The number of hydrogen-bond acceptors (Lipinski definition) is 0. The van der Waals surface area contributed by atoms with Gasteiger partial charge in [0.05, 0.1) is 6.54 Å². The van der Waals surface area contributed by atoms with Crippen LogP contribution in [-0.2, 0) is 13.0 Å². The first kappa shape index (κ1) is 22.3. The van der Waals surface area contributed by atoms with E-state index in [0.717, 1.165) is 5.92 Å². The van der Waals surface area contributed by atoms with Crippen molar-refractivity contribution in [3.63, 3.8) is 0 Å². The van der Waals surface area contributed by atoms with Gasteiger partial charge in [0.15, 0.2) is 0 Å². The number of nitrogens with one attached hydrogen (secondary N) is 1. The number of aryl methyl sites for hydroxylation is 2. The van der Waals surface area contributed by atoms with Crippen LogP contribution in [0.1, 0.15) is 116 Å². The SMILES string of the molecule is CCCCC[n+]1cc[nH]c1CCCCCCCCCCCCC(C)C. The minimum atomic E-state index is 0.886. The predicted octanol–water partition coefficient (Wildman–Crippen LogP) is 6.98. The van der Waals surface area contributed by atoms with Gasteiger partial charge in [-0.1, -0.05) is 91.4 Å². The first-order valence-corrected chi connectivity index (χ1v) is 11.3. The highest BCUT2D eigenvalue weighted by atomic mass is 15.1. The lowest BCUT2D eigenvalue weighted by Crippen LogP contribution is -2.36.